The van der Waals surface area contributed by atoms with Crippen LogP contribution < -0.4 is 5.30 Å². The van der Waals surface area contributed by atoms with Gasteiger partial charge in [0, 0.05) is 5.56 Å². The first-order valence-corrected chi connectivity index (χ1v) is 12.1. The maximum Gasteiger partial charge on any atom is 0.459 e. The van der Waals surface area contributed by atoms with Crippen LogP contribution in [0.1, 0.15) is 62.4 Å². The van der Waals surface area contributed by atoms with Gasteiger partial charge < -0.3 is 0 Å². The molecular weight excluding hydrogens is 505 g/mol. The molecule has 0 saturated carbocycles. The third kappa shape index (κ3) is 5.26. The summed E-state index contributed by atoms with van der Waals surface area (Å²) in [5.41, 5.74) is -5.87. The number of hydrogen-bond donors (Lipinski definition) is 0. The molecule has 0 aliphatic carbocycles. The number of aryl methyl sites for hydroxylation is 2. The normalized spacial score (nSPS) is 12.4. The van der Waals surface area contributed by atoms with Crippen LogP contribution in [0.2, 0.25) is 0 Å². The monoisotopic (exact) mass is 525 g/mol. The zero-order chi connectivity index (χ0) is 26.8. The van der Waals surface area contributed by atoms with E-state index >= 15 is 0 Å². The minimum Gasteiger partial charge on any atom is -0.288 e. The van der Waals surface area contributed by atoms with E-state index in [1.165, 1.54) is 18.2 Å². The Morgan fingerprint density at radius 2 is 1.17 bits per heavy atom. The molecule has 0 N–H and O–H groups in total. The van der Waals surface area contributed by atoms with Gasteiger partial charge in [0.25, 0.3) is 0 Å². The Hall–Kier alpha value is -3.32. The summed E-state index contributed by atoms with van der Waals surface area (Å²) in [6.07, 6.45) is -9.69. The van der Waals surface area contributed by atoms with Crippen molar-refractivity contribution in [1.82, 2.24) is 0 Å². The summed E-state index contributed by atoms with van der Waals surface area (Å²) >= 11 is 0. The van der Waals surface area contributed by atoms with Crippen LogP contribution in [0.15, 0.2) is 60.7 Å². The van der Waals surface area contributed by atoms with Crippen LogP contribution in [0.25, 0.3) is 0 Å². The van der Waals surface area contributed by atoms with Gasteiger partial charge in [-0.05, 0) is 48.2 Å². The minimum absolute atomic E-state index is 0.222. The predicted molar refractivity (Wildman–Crippen MR) is 123 cm³/mol. The molecule has 3 aromatic carbocycles. The topological polar surface area (TPSA) is 51.2 Å². The molecule has 10 heteroatoms. The molecule has 0 amide bonds. The lowest BCUT2D eigenvalue weighted by molar-refractivity contribution is -0.143. The molecule has 1 atom stereocenters. The van der Waals surface area contributed by atoms with Crippen LogP contribution in [0.5, 0.6) is 0 Å². The van der Waals surface area contributed by atoms with Crippen molar-refractivity contribution < 1.29 is 40.5 Å². The highest BCUT2D eigenvalue weighted by Gasteiger charge is 2.49. The van der Waals surface area contributed by atoms with E-state index in [1.54, 1.807) is 18.2 Å². The van der Waals surface area contributed by atoms with Crippen LogP contribution in [0, 0.1) is 0 Å². The fourth-order valence-corrected chi connectivity index (χ4v) is 5.26. The van der Waals surface area contributed by atoms with Crippen molar-refractivity contribution in [3.8, 4) is 0 Å². The molecule has 0 aromatic heterocycles. The number of rotatable bonds is 7. The number of carbonyl (C=O) groups is 2. The summed E-state index contributed by atoms with van der Waals surface area (Å²) in [5.74, 6) is -0.615. The molecule has 0 heterocycles. The third-order valence-corrected chi connectivity index (χ3v) is 7.09. The van der Waals surface area contributed by atoms with Crippen molar-refractivity contribution >= 4 is 24.4 Å². The smallest absolute Gasteiger partial charge is 0.288 e. The van der Waals surface area contributed by atoms with Gasteiger partial charge in [0.05, 0.1) is 22.3 Å². The quantitative estimate of drug-likeness (QED) is 0.184. The van der Waals surface area contributed by atoms with E-state index < -0.39 is 53.5 Å². The van der Waals surface area contributed by atoms with Crippen LogP contribution in [0.3, 0.4) is 0 Å². The van der Waals surface area contributed by atoms with Crippen LogP contribution >= 0.6 is 7.80 Å². The lowest BCUT2D eigenvalue weighted by Crippen LogP contribution is -2.22. The Bertz CT molecular complexity index is 1290. The summed E-state index contributed by atoms with van der Waals surface area (Å²) in [7, 11) is -3.52. The zero-order valence-corrected chi connectivity index (χ0v) is 20.0. The summed E-state index contributed by atoms with van der Waals surface area (Å²) in [5, 5.41) is -0.430. The van der Waals surface area contributed by atoms with Crippen molar-refractivity contribution in [3.05, 3.63) is 99.6 Å². The lowest BCUT2D eigenvalue weighted by Gasteiger charge is -2.15. The molecule has 0 bridgehead atoms. The Balaban J connectivity index is 2.20. The second-order valence-corrected chi connectivity index (χ2v) is 9.30. The highest BCUT2D eigenvalue weighted by atomic mass is 31.1. The molecule has 3 rings (SSSR count). The van der Waals surface area contributed by atoms with Crippen molar-refractivity contribution in [3.63, 3.8) is 0 Å². The van der Waals surface area contributed by atoms with Crippen LogP contribution in [0.4, 0.5) is 26.3 Å². The molecule has 3 aromatic rings. The molecule has 0 radical (unpaired) electrons. The summed E-state index contributed by atoms with van der Waals surface area (Å²) in [6.45, 7) is 3.63. The number of benzene rings is 3. The molecule has 0 fully saturated rings. The van der Waals surface area contributed by atoms with Crippen LogP contribution in [-0.2, 0) is 29.8 Å². The maximum atomic E-state index is 13.6. The van der Waals surface area contributed by atoms with Gasteiger partial charge in [-0.2, -0.15) is 26.3 Å². The van der Waals surface area contributed by atoms with Gasteiger partial charge in [-0.15, -0.1) is 0 Å². The average molecular weight is 525 g/mol. The van der Waals surface area contributed by atoms with Crippen molar-refractivity contribution in [1.29, 1.82) is 0 Å². The molecule has 3 nitrogen and oxygen atoms in total. The largest absolute Gasteiger partial charge is 0.459 e. The van der Waals surface area contributed by atoms with Gasteiger partial charge in [-0.25, -0.2) is 4.79 Å². The summed E-state index contributed by atoms with van der Waals surface area (Å²) in [4.78, 5) is 26.6. The van der Waals surface area contributed by atoms with Crippen molar-refractivity contribution in [2.45, 2.75) is 39.0 Å². The van der Waals surface area contributed by atoms with E-state index in [0.29, 0.717) is 47.7 Å². The molecule has 0 aliphatic heterocycles. The van der Waals surface area contributed by atoms with Crippen LogP contribution in [-0.4, -0.2) is 11.3 Å². The third-order valence-electron chi connectivity index (χ3n) is 5.67. The Labute approximate surface area is 203 Å². The molecule has 0 aliphatic rings. The molecule has 1 unspecified atom stereocenters. The van der Waals surface area contributed by atoms with E-state index in [9.17, 15) is 40.5 Å². The van der Waals surface area contributed by atoms with Crippen molar-refractivity contribution in [2.24, 2.45) is 0 Å². The van der Waals surface area contributed by atoms with Crippen molar-refractivity contribution in [2.75, 3.05) is 0 Å². The van der Waals surface area contributed by atoms with E-state index in [4.69, 9.17) is 0 Å². The van der Waals surface area contributed by atoms with E-state index in [-0.39, 0.29) is 5.56 Å². The SMILES string of the molecule is CCc1cccc(CC)c1C(=O)c1ccccc1[P+](=O)C(=O)c1c(C(F)(F)F)cccc1C(F)(F)F. The first kappa shape index (κ1) is 27.3. The van der Waals surface area contributed by atoms with Gasteiger partial charge in [0.15, 0.2) is 5.78 Å². The lowest BCUT2D eigenvalue weighted by atomic mass is 9.91. The average Bonchev–Trinajstić information content (AvgIpc) is 2.85. The summed E-state index contributed by atoms with van der Waals surface area (Å²) in [6, 6.07) is 11.5. The van der Waals surface area contributed by atoms with E-state index in [0.717, 1.165) is 6.07 Å². The fraction of sp³-hybridized carbons (Fsp3) is 0.231. The second kappa shape index (κ2) is 10.3. The fourth-order valence-electron chi connectivity index (χ4n) is 3.98. The van der Waals surface area contributed by atoms with E-state index in [2.05, 4.69) is 0 Å². The Morgan fingerprint density at radius 1 is 0.694 bits per heavy atom. The highest BCUT2D eigenvalue weighted by molar-refractivity contribution is 7.71. The minimum atomic E-state index is -5.31. The standard InChI is InChI=1S/C26H20F6O3P/c1-3-15-9-7-10-16(4-2)21(15)23(33)17-11-5-6-14-20(17)36(35)24(34)22-18(25(27,28)29)12-8-13-19(22)26(30,31)32/h5-14H,3-4H2,1-2H3/q+1. The molecule has 0 saturated heterocycles. The second-order valence-electron chi connectivity index (χ2n) is 7.83. The Kier molecular flexibility index (Phi) is 7.84. The highest BCUT2D eigenvalue weighted by Crippen LogP contribution is 2.43. The zero-order valence-electron chi connectivity index (χ0n) is 19.1. The van der Waals surface area contributed by atoms with Gasteiger partial charge in [0.2, 0.25) is 5.30 Å². The first-order valence-electron chi connectivity index (χ1n) is 10.9. The first-order chi connectivity index (χ1) is 16.8. The molecule has 0 spiro atoms. The predicted octanol–water partition coefficient (Wildman–Crippen LogP) is 7.37. The number of halogens is 6. The number of alkyl halides is 6. The number of hydrogen-bond acceptors (Lipinski definition) is 3. The molecular formula is C26H20F6O3P+. The maximum absolute atomic E-state index is 13.6. The van der Waals surface area contributed by atoms with Gasteiger partial charge in [-0.3, -0.25) is 4.79 Å². The summed E-state index contributed by atoms with van der Waals surface area (Å²) < 4.78 is 94.7. The van der Waals surface area contributed by atoms with E-state index in [1.807, 2.05) is 13.8 Å². The van der Waals surface area contributed by atoms with Gasteiger partial charge in [0.1, 0.15) is 0 Å². The number of carbonyl (C=O) groups excluding carboxylic acids is 2. The van der Waals surface area contributed by atoms with Gasteiger partial charge in [-0.1, -0.05) is 54.8 Å². The number of ketones is 1. The van der Waals surface area contributed by atoms with Gasteiger partial charge >= 0.3 is 25.7 Å². The molecule has 188 valence electrons. The molecule has 36 heavy (non-hydrogen) atoms. The Morgan fingerprint density at radius 3 is 1.64 bits per heavy atom.